The van der Waals surface area contributed by atoms with Crippen LogP contribution in [0.5, 0.6) is 0 Å². The molecular weight excluding hydrogens is 280 g/mol. The Morgan fingerprint density at radius 3 is 1.43 bits per heavy atom. The van der Waals surface area contributed by atoms with Crippen molar-refractivity contribution in [2.45, 2.75) is 108 Å². The zero-order chi connectivity index (χ0) is 15.8. The maximum absolute atomic E-state index is 10.5. The first-order chi connectivity index (χ1) is 10.2. The molecule has 2 nitrogen and oxygen atoms in total. The summed E-state index contributed by atoms with van der Waals surface area (Å²) in [5.74, 6) is -1.03. The van der Waals surface area contributed by atoms with Gasteiger partial charge in [-0.1, -0.05) is 96.8 Å². The standard InChI is InChI=1S/C18H36O2S/c1-2-3-4-5-6-7-8-9-10-11-12-13-14-15-16-17(21)18(19)20/h17,21H,2-16H2,1H3,(H,19,20)/p-1. The molecule has 0 heterocycles. The first kappa shape index (κ1) is 20.8. The Morgan fingerprint density at radius 1 is 0.762 bits per heavy atom. The van der Waals surface area contributed by atoms with Gasteiger partial charge in [0.15, 0.2) is 0 Å². The van der Waals surface area contributed by atoms with Gasteiger partial charge in [-0.15, -0.1) is 0 Å². The van der Waals surface area contributed by atoms with Gasteiger partial charge in [0, 0.05) is 5.25 Å². The second-order valence-corrected chi connectivity index (χ2v) is 6.84. The molecule has 0 aliphatic heterocycles. The zero-order valence-electron chi connectivity index (χ0n) is 13.9. The highest BCUT2D eigenvalue weighted by atomic mass is 32.1. The lowest BCUT2D eigenvalue weighted by Gasteiger charge is -2.10. The van der Waals surface area contributed by atoms with E-state index in [9.17, 15) is 9.90 Å². The average molecular weight is 316 g/mol. The zero-order valence-corrected chi connectivity index (χ0v) is 14.8. The predicted molar refractivity (Wildman–Crippen MR) is 92.7 cm³/mol. The van der Waals surface area contributed by atoms with E-state index in [1.807, 2.05) is 0 Å². The number of hydrogen-bond donors (Lipinski definition) is 1. The molecule has 21 heavy (non-hydrogen) atoms. The Hall–Kier alpha value is -0.180. The van der Waals surface area contributed by atoms with Crippen molar-refractivity contribution in [2.24, 2.45) is 0 Å². The van der Waals surface area contributed by atoms with E-state index < -0.39 is 11.2 Å². The van der Waals surface area contributed by atoms with Crippen LogP contribution in [0.1, 0.15) is 103 Å². The number of carboxylic acid groups (broad SMARTS) is 1. The van der Waals surface area contributed by atoms with E-state index in [4.69, 9.17) is 0 Å². The lowest BCUT2D eigenvalue weighted by molar-refractivity contribution is -0.304. The van der Waals surface area contributed by atoms with Crippen LogP contribution in [0.25, 0.3) is 0 Å². The third-order valence-corrected chi connectivity index (χ3v) is 4.57. The predicted octanol–water partition coefficient (Wildman–Crippen LogP) is 4.91. The molecule has 0 spiro atoms. The van der Waals surface area contributed by atoms with Crippen LogP contribution in [0, 0.1) is 0 Å². The molecular formula is C18H35O2S-. The summed E-state index contributed by atoms with van der Waals surface area (Å²) in [6.45, 7) is 2.26. The highest BCUT2D eigenvalue weighted by Gasteiger charge is 2.02. The lowest BCUT2D eigenvalue weighted by atomic mass is 10.0. The van der Waals surface area contributed by atoms with Gasteiger partial charge >= 0.3 is 0 Å². The summed E-state index contributed by atoms with van der Waals surface area (Å²) in [6, 6.07) is 0. The molecule has 0 amide bonds. The number of carboxylic acids is 1. The smallest absolute Gasteiger partial charge is 0.0541 e. The molecule has 0 N–H and O–H groups in total. The van der Waals surface area contributed by atoms with E-state index in [1.54, 1.807) is 0 Å². The second-order valence-electron chi connectivity index (χ2n) is 6.22. The SMILES string of the molecule is CCCCCCCCCCCCCCCCC(S)C(=O)[O-]. The summed E-state index contributed by atoms with van der Waals surface area (Å²) in [7, 11) is 0. The Morgan fingerprint density at radius 2 is 1.10 bits per heavy atom. The van der Waals surface area contributed by atoms with Crippen LogP contribution in [0.4, 0.5) is 0 Å². The van der Waals surface area contributed by atoms with Crippen LogP contribution in [-0.4, -0.2) is 11.2 Å². The van der Waals surface area contributed by atoms with Crippen molar-refractivity contribution >= 4 is 18.6 Å². The van der Waals surface area contributed by atoms with E-state index in [-0.39, 0.29) is 0 Å². The Kier molecular flexibility index (Phi) is 16.1. The molecule has 0 rings (SSSR count). The van der Waals surface area contributed by atoms with Gasteiger partial charge in [0.25, 0.3) is 0 Å². The minimum Gasteiger partial charge on any atom is -0.549 e. The fraction of sp³-hybridized carbons (Fsp3) is 0.944. The van der Waals surface area contributed by atoms with Gasteiger partial charge in [0.2, 0.25) is 0 Å². The first-order valence-corrected chi connectivity index (χ1v) is 9.59. The van der Waals surface area contributed by atoms with Crippen molar-refractivity contribution in [3.63, 3.8) is 0 Å². The minimum atomic E-state index is -1.03. The fourth-order valence-electron chi connectivity index (χ4n) is 2.65. The van der Waals surface area contributed by atoms with Crippen molar-refractivity contribution in [3.05, 3.63) is 0 Å². The van der Waals surface area contributed by atoms with Crippen LogP contribution in [0.2, 0.25) is 0 Å². The molecule has 1 unspecified atom stereocenters. The summed E-state index contributed by atoms with van der Waals surface area (Å²) in [6.07, 6.45) is 19.1. The molecule has 0 aromatic rings. The van der Waals surface area contributed by atoms with Gasteiger partial charge in [0.1, 0.15) is 0 Å². The van der Waals surface area contributed by atoms with Crippen molar-refractivity contribution in [2.75, 3.05) is 0 Å². The lowest BCUT2D eigenvalue weighted by Crippen LogP contribution is -2.31. The van der Waals surface area contributed by atoms with Gasteiger partial charge in [0.05, 0.1) is 5.97 Å². The number of carbonyl (C=O) groups excluding carboxylic acids is 1. The van der Waals surface area contributed by atoms with E-state index in [0.717, 1.165) is 12.8 Å². The van der Waals surface area contributed by atoms with Crippen LogP contribution in [0.15, 0.2) is 0 Å². The van der Waals surface area contributed by atoms with Crippen LogP contribution >= 0.6 is 12.6 Å². The molecule has 0 fully saturated rings. The molecule has 0 aliphatic rings. The number of carbonyl (C=O) groups is 1. The summed E-state index contributed by atoms with van der Waals surface area (Å²) in [5.41, 5.74) is 0. The maximum atomic E-state index is 10.5. The van der Waals surface area contributed by atoms with Crippen molar-refractivity contribution < 1.29 is 9.90 Å². The second kappa shape index (κ2) is 16.2. The van der Waals surface area contributed by atoms with Crippen molar-refractivity contribution in [1.82, 2.24) is 0 Å². The van der Waals surface area contributed by atoms with Gasteiger partial charge in [-0.2, -0.15) is 12.6 Å². The van der Waals surface area contributed by atoms with Gasteiger partial charge in [-0.05, 0) is 6.42 Å². The number of aliphatic carboxylic acids is 1. The summed E-state index contributed by atoms with van der Waals surface area (Å²) >= 11 is 3.98. The van der Waals surface area contributed by atoms with Crippen LogP contribution in [-0.2, 0) is 4.79 Å². The molecule has 0 radical (unpaired) electrons. The number of hydrogen-bond acceptors (Lipinski definition) is 3. The summed E-state index contributed by atoms with van der Waals surface area (Å²) in [5, 5.41) is 9.90. The quantitative estimate of drug-likeness (QED) is 0.325. The molecule has 0 aliphatic carbocycles. The third-order valence-electron chi connectivity index (χ3n) is 4.10. The summed E-state index contributed by atoms with van der Waals surface area (Å²) < 4.78 is 0. The molecule has 0 aromatic heterocycles. The molecule has 0 bridgehead atoms. The topological polar surface area (TPSA) is 40.1 Å². The van der Waals surface area contributed by atoms with E-state index in [2.05, 4.69) is 19.6 Å². The molecule has 3 heteroatoms. The average Bonchev–Trinajstić information content (AvgIpc) is 2.47. The third kappa shape index (κ3) is 16.0. The Labute approximate surface area is 137 Å². The monoisotopic (exact) mass is 315 g/mol. The number of rotatable bonds is 16. The largest absolute Gasteiger partial charge is 0.549 e. The van der Waals surface area contributed by atoms with E-state index in [0.29, 0.717) is 6.42 Å². The highest BCUT2D eigenvalue weighted by molar-refractivity contribution is 7.81. The van der Waals surface area contributed by atoms with Crippen LogP contribution < -0.4 is 5.11 Å². The van der Waals surface area contributed by atoms with Crippen LogP contribution in [0.3, 0.4) is 0 Å². The maximum Gasteiger partial charge on any atom is 0.0541 e. The van der Waals surface area contributed by atoms with E-state index >= 15 is 0 Å². The van der Waals surface area contributed by atoms with E-state index in [1.165, 1.54) is 77.0 Å². The highest BCUT2D eigenvalue weighted by Crippen LogP contribution is 2.14. The molecule has 0 saturated heterocycles. The van der Waals surface area contributed by atoms with Crippen molar-refractivity contribution in [3.8, 4) is 0 Å². The molecule has 0 aromatic carbocycles. The van der Waals surface area contributed by atoms with Gasteiger partial charge in [-0.3, -0.25) is 0 Å². The molecule has 0 saturated carbocycles. The number of thiol groups is 1. The van der Waals surface area contributed by atoms with Crippen molar-refractivity contribution in [1.29, 1.82) is 0 Å². The normalized spacial score (nSPS) is 12.5. The first-order valence-electron chi connectivity index (χ1n) is 9.07. The minimum absolute atomic E-state index is 0.581. The summed E-state index contributed by atoms with van der Waals surface area (Å²) in [4.78, 5) is 10.5. The van der Waals surface area contributed by atoms with Gasteiger partial charge < -0.3 is 9.90 Å². The Bertz CT molecular complexity index is 231. The molecule has 126 valence electrons. The molecule has 1 atom stereocenters. The fourth-order valence-corrected chi connectivity index (χ4v) is 2.83. The number of unbranched alkanes of at least 4 members (excludes halogenated alkanes) is 13. The van der Waals surface area contributed by atoms with Gasteiger partial charge in [-0.25, -0.2) is 0 Å². The Balaban J connectivity index is 3.04.